The van der Waals surface area contributed by atoms with Gasteiger partial charge in [0.2, 0.25) is 5.90 Å². The summed E-state index contributed by atoms with van der Waals surface area (Å²) in [5.74, 6) is 4.76. The van der Waals surface area contributed by atoms with E-state index in [1.54, 1.807) is 6.08 Å². The molecule has 0 saturated heterocycles. The Kier molecular flexibility index (Phi) is 10.0. The molecule has 0 saturated carbocycles. The number of nitrogens with one attached hydrogen (secondary N) is 1. The van der Waals surface area contributed by atoms with Gasteiger partial charge in [-0.1, -0.05) is 17.7 Å². The maximum atomic E-state index is 13.2. The molecule has 0 heterocycles. The molecule has 0 unspecified atom stereocenters. The molecule has 0 rings (SSSR count). The van der Waals surface area contributed by atoms with Gasteiger partial charge in [0.15, 0.2) is 0 Å². The summed E-state index contributed by atoms with van der Waals surface area (Å²) in [5, 5.41) is 0. The second-order valence-electron chi connectivity index (χ2n) is 3.66. The highest BCUT2D eigenvalue weighted by Gasteiger charge is 1.99. The fourth-order valence-corrected chi connectivity index (χ4v) is 0.932. The first-order valence-electron chi connectivity index (χ1n) is 5.64. The van der Waals surface area contributed by atoms with Crippen LogP contribution in [0.2, 0.25) is 0 Å². The van der Waals surface area contributed by atoms with Gasteiger partial charge in [-0.2, -0.15) is 0 Å². The van der Waals surface area contributed by atoms with E-state index in [1.165, 1.54) is 24.6 Å². The molecule has 0 aliphatic rings. The van der Waals surface area contributed by atoms with Crippen molar-refractivity contribution in [3.8, 4) is 0 Å². The minimum Gasteiger partial charge on any atom is -0.470 e. The summed E-state index contributed by atoms with van der Waals surface area (Å²) in [6.07, 6.45) is 8.06. The van der Waals surface area contributed by atoms with Crippen LogP contribution in [0.1, 0.15) is 13.8 Å². The Morgan fingerprint density at radius 2 is 2.16 bits per heavy atom. The minimum absolute atomic E-state index is 0.254. The smallest absolute Gasteiger partial charge is 0.213 e. The summed E-state index contributed by atoms with van der Waals surface area (Å²) < 4.78 is 30.2. The average Bonchev–Trinajstić information content (AvgIpc) is 2.36. The summed E-state index contributed by atoms with van der Waals surface area (Å²) in [7, 11) is 0. The Morgan fingerprint density at radius 3 is 2.74 bits per heavy atom. The molecule has 0 amide bonds. The SMILES string of the molecule is CC(C)=CC(=N/C=C/NN)OC/C(F)=C\C=C/CF. The molecule has 0 fully saturated rings. The van der Waals surface area contributed by atoms with Gasteiger partial charge >= 0.3 is 0 Å². The highest BCUT2D eigenvalue weighted by molar-refractivity contribution is 5.88. The van der Waals surface area contributed by atoms with E-state index in [0.29, 0.717) is 0 Å². The van der Waals surface area contributed by atoms with E-state index in [1.807, 2.05) is 13.8 Å². The first-order chi connectivity index (χ1) is 9.10. The fourth-order valence-electron chi connectivity index (χ4n) is 0.932. The third-order valence-electron chi connectivity index (χ3n) is 1.64. The van der Waals surface area contributed by atoms with Crippen molar-refractivity contribution < 1.29 is 13.5 Å². The number of aliphatic imine (C=N–C) groups is 1. The highest BCUT2D eigenvalue weighted by Crippen LogP contribution is 2.01. The fraction of sp³-hybridized carbons (Fsp3) is 0.308. The second-order valence-corrected chi connectivity index (χ2v) is 3.66. The average molecular weight is 271 g/mol. The third-order valence-corrected chi connectivity index (χ3v) is 1.64. The summed E-state index contributed by atoms with van der Waals surface area (Å²) >= 11 is 0. The zero-order valence-corrected chi connectivity index (χ0v) is 11.1. The van der Waals surface area contributed by atoms with Crippen molar-refractivity contribution in [3.05, 3.63) is 48.1 Å². The molecule has 0 aromatic rings. The van der Waals surface area contributed by atoms with Gasteiger partial charge in [0, 0.05) is 12.4 Å². The predicted molar refractivity (Wildman–Crippen MR) is 73.6 cm³/mol. The van der Waals surface area contributed by atoms with Crippen molar-refractivity contribution in [2.24, 2.45) is 10.8 Å². The zero-order chi connectivity index (χ0) is 14.5. The van der Waals surface area contributed by atoms with E-state index >= 15 is 0 Å². The maximum Gasteiger partial charge on any atom is 0.213 e. The molecular weight excluding hydrogens is 252 g/mol. The second kappa shape index (κ2) is 11.2. The third kappa shape index (κ3) is 10.9. The van der Waals surface area contributed by atoms with E-state index < -0.39 is 12.5 Å². The van der Waals surface area contributed by atoms with Crippen molar-refractivity contribution in [1.29, 1.82) is 0 Å². The number of nitrogens with zero attached hydrogens (tertiary/aromatic N) is 1. The van der Waals surface area contributed by atoms with Crippen molar-refractivity contribution in [2.45, 2.75) is 13.8 Å². The van der Waals surface area contributed by atoms with Crippen LogP contribution in [0.3, 0.4) is 0 Å². The van der Waals surface area contributed by atoms with Gasteiger partial charge in [0.25, 0.3) is 0 Å². The molecule has 0 bridgehead atoms. The Labute approximate surface area is 112 Å². The molecule has 0 aliphatic carbocycles. The first kappa shape index (κ1) is 17.1. The number of rotatable bonds is 7. The summed E-state index contributed by atoms with van der Waals surface area (Å²) in [6.45, 7) is 2.81. The van der Waals surface area contributed by atoms with Gasteiger partial charge in [-0.15, -0.1) is 0 Å². The molecule has 19 heavy (non-hydrogen) atoms. The molecule has 0 aromatic carbocycles. The van der Waals surface area contributed by atoms with E-state index in [-0.39, 0.29) is 12.5 Å². The quantitative estimate of drug-likeness (QED) is 0.246. The summed E-state index contributed by atoms with van der Waals surface area (Å²) in [5.41, 5.74) is 3.23. The lowest BCUT2D eigenvalue weighted by atomic mass is 10.3. The molecule has 4 nitrogen and oxygen atoms in total. The number of nitrogens with two attached hydrogens (primary N) is 1. The zero-order valence-electron chi connectivity index (χ0n) is 11.1. The molecule has 6 heteroatoms. The normalized spacial score (nSPS) is 13.1. The van der Waals surface area contributed by atoms with Crippen molar-refractivity contribution in [1.82, 2.24) is 5.43 Å². The topological polar surface area (TPSA) is 59.6 Å². The first-order valence-corrected chi connectivity index (χ1v) is 5.64. The molecule has 0 spiro atoms. The number of hydrazine groups is 1. The lowest BCUT2D eigenvalue weighted by Gasteiger charge is -2.04. The van der Waals surface area contributed by atoms with Gasteiger partial charge in [0.05, 0.1) is 0 Å². The number of alkyl halides is 1. The van der Waals surface area contributed by atoms with Gasteiger partial charge in [0.1, 0.15) is 19.1 Å². The Bertz CT molecular complexity index is 395. The van der Waals surface area contributed by atoms with Crippen LogP contribution >= 0.6 is 0 Å². The monoisotopic (exact) mass is 271 g/mol. The van der Waals surface area contributed by atoms with Crippen molar-refractivity contribution >= 4 is 5.90 Å². The van der Waals surface area contributed by atoms with E-state index in [2.05, 4.69) is 10.4 Å². The molecule has 0 radical (unpaired) electrons. The molecule has 0 atom stereocenters. The van der Waals surface area contributed by atoms with Gasteiger partial charge in [-0.25, -0.2) is 13.8 Å². The standard InChI is InChI=1S/C13H19F2N3O/c1-11(2)9-13(17-7-8-18-16)19-10-12(15)5-3-4-6-14/h3-5,7-9,18H,6,10,16H2,1-2H3/b4-3-,8-7+,12-5+,17-13?. The number of hydrogen-bond acceptors (Lipinski definition) is 4. The van der Waals surface area contributed by atoms with Crippen LogP contribution in [-0.2, 0) is 4.74 Å². The predicted octanol–water partition coefficient (Wildman–Crippen LogP) is 2.68. The lowest BCUT2D eigenvalue weighted by Crippen LogP contribution is -2.12. The molecule has 0 aromatic heterocycles. The van der Waals surface area contributed by atoms with Crippen LogP contribution in [0.5, 0.6) is 0 Å². The van der Waals surface area contributed by atoms with E-state index in [0.717, 1.165) is 11.6 Å². The summed E-state index contributed by atoms with van der Waals surface area (Å²) in [4.78, 5) is 3.95. The summed E-state index contributed by atoms with van der Waals surface area (Å²) in [6, 6.07) is 0. The van der Waals surface area contributed by atoms with Crippen LogP contribution in [0.4, 0.5) is 8.78 Å². The van der Waals surface area contributed by atoms with Crippen LogP contribution in [-0.4, -0.2) is 19.2 Å². The molecule has 106 valence electrons. The number of allylic oxidation sites excluding steroid dienone is 4. The molecular formula is C13H19F2N3O. The highest BCUT2D eigenvalue weighted by atomic mass is 19.1. The Hall–Kier alpha value is -1.95. The van der Waals surface area contributed by atoms with Crippen molar-refractivity contribution in [3.63, 3.8) is 0 Å². The van der Waals surface area contributed by atoms with Gasteiger partial charge in [-0.3, -0.25) is 5.84 Å². The van der Waals surface area contributed by atoms with Gasteiger partial charge in [-0.05, 0) is 26.0 Å². The van der Waals surface area contributed by atoms with Crippen LogP contribution in [0, 0.1) is 0 Å². The van der Waals surface area contributed by atoms with Gasteiger partial charge < -0.3 is 10.2 Å². The van der Waals surface area contributed by atoms with Crippen LogP contribution < -0.4 is 11.3 Å². The largest absolute Gasteiger partial charge is 0.470 e. The van der Waals surface area contributed by atoms with E-state index in [4.69, 9.17) is 10.6 Å². The molecule has 3 N–H and O–H groups in total. The Balaban J connectivity index is 4.54. The van der Waals surface area contributed by atoms with Crippen LogP contribution in [0.15, 0.2) is 53.1 Å². The minimum atomic E-state index is -0.633. The number of hydrogen-bond donors (Lipinski definition) is 2. The number of ether oxygens (including phenoxy) is 1. The maximum absolute atomic E-state index is 13.2. The Morgan fingerprint density at radius 1 is 1.42 bits per heavy atom. The van der Waals surface area contributed by atoms with Crippen LogP contribution in [0.25, 0.3) is 0 Å². The lowest BCUT2D eigenvalue weighted by molar-refractivity contribution is 0.309. The van der Waals surface area contributed by atoms with E-state index in [9.17, 15) is 8.78 Å². The molecule has 0 aliphatic heterocycles. The number of halogens is 2. The van der Waals surface area contributed by atoms with Crippen molar-refractivity contribution in [2.75, 3.05) is 13.3 Å².